The largest absolute Gasteiger partial charge is 0.497 e. The second-order valence-electron chi connectivity index (χ2n) is 9.17. The lowest BCUT2D eigenvalue weighted by atomic mass is 10.1. The monoisotopic (exact) mass is 513 g/mol. The summed E-state index contributed by atoms with van der Waals surface area (Å²) in [4.78, 5) is 40.6. The fraction of sp³-hybridized carbons (Fsp3) is 0.423. The van der Waals surface area contributed by atoms with E-state index in [1.165, 1.54) is 17.0 Å². The van der Waals surface area contributed by atoms with Crippen LogP contribution < -0.4 is 10.1 Å². The van der Waals surface area contributed by atoms with Gasteiger partial charge in [-0.2, -0.15) is 0 Å². The van der Waals surface area contributed by atoms with Crippen molar-refractivity contribution in [1.82, 2.24) is 14.5 Å². The van der Waals surface area contributed by atoms with Crippen molar-refractivity contribution in [2.24, 2.45) is 0 Å². The number of ether oxygens (including phenoxy) is 1. The Bertz CT molecular complexity index is 1260. The van der Waals surface area contributed by atoms with Gasteiger partial charge in [-0.25, -0.2) is 12.7 Å². The quantitative estimate of drug-likeness (QED) is 0.552. The first kappa shape index (κ1) is 25.7. The Balaban J connectivity index is 1.51. The van der Waals surface area contributed by atoms with Gasteiger partial charge in [0.15, 0.2) is 0 Å². The maximum atomic E-state index is 13.4. The van der Waals surface area contributed by atoms with Crippen LogP contribution in [0.15, 0.2) is 53.4 Å². The minimum absolute atomic E-state index is 0.0556. The van der Waals surface area contributed by atoms with Gasteiger partial charge in [-0.1, -0.05) is 37.1 Å². The number of nitrogens with zero attached hydrogens (tertiary/aromatic N) is 2. The summed E-state index contributed by atoms with van der Waals surface area (Å²) in [6.07, 6.45) is 3.71. The molecule has 0 saturated heterocycles. The maximum absolute atomic E-state index is 13.4. The number of hydrogen-bond donors (Lipinski definition) is 1. The Kier molecular flexibility index (Phi) is 7.63. The molecule has 2 aromatic carbocycles. The summed E-state index contributed by atoms with van der Waals surface area (Å²) in [5, 5.41) is 3.03. The van der Waals surface area contributed by atoms with E-state index in [-0.39, 0.29) is 41.9 Å². The van der Waals surface area contributed by atoms with E-state index in [0.29, 0.717) is 5.75 Å². The van der Waals surface area contributed by atoms with E-state index >= 15 is 0 Å². The minimum atomic E-state index is -4.02. The lowest BCUT2D eigenvalue weighted by Crippen LogP contribution is -2.50. The molecule has 2 aliphatic rings. The molecule has 1 atom stereocenters. The van der Waals surface area contributed by atoms with Gasteiger partial charge in [-0.15, -0.1) is 0 Å². The topological polar surface area (TPSA) is 113 Å². The van der Waals surface area contributed by atoms with Crippen LogP contribution >= 0.6 is 0 Å². The molecule has 0 bridgehead atoms. The summed E-state index contributed by atoms with van der Waals surface area (Å²) in [5.41, 5.74) is 0.864. The number of sulfonamides is 1. The number of carbonyl (C=O) groups excluding carboxylic acids is 3. The van der Waals surface area contributed by atoms with Crippen molar-refractivity contribution in [2.75, 3.05) is 13.7 Å². The van der Waals surface area contributed by atoms with E-state index in [4.69, 9.17) is 4.74 Å². The number of methoxy groups -OCH3 is 1. The first-order valence-electron chi connectivity index (χ1n) is 12.1. The third kappa shape index (κ3) is 5.23. The first-order valence-corrected chi connectivity index (χ1v) is 13.5. The zero-order valence-corrected chi connectivity index (χ0v) is 21.3. The Hall–Kier alpha value is -3.40. The molecule has 1 heterocycles. The maximum Gasteiger partial charge on any atom is 0.269 e. The second-order valence-corrected chi connectivity index (χ2v) is 11.0. The van der Waals surface area contributed by atoms with Crippen molar-refractivity contribution in [3.05, 3.63) is 59.7 Å². The molecular weight excluding hydrogens is 482 g/mol. The summed E-state index contributed by atoms with van der Waals surface area (Å²) < 4.78 is 31.8. The zero-order chi connectivity index (χ0) is 25.9. The highest BCUT2D eigenvalue weighted by Crippen LogP contribution is 2.30. The summed E-state index contributed by atoms with van der Waals surface area (Å²) in [6.45, 7) is 1.49. The van der Waals surface area contributed by atoms with Gasteiger partial charge >= 0.3 is 0 Å². The highest BCUT2D eigenvalue weighted by Gasteiger charge is 2.41. The Morgan fingerprint density at radius 1 is 1.14 bits per heavy atom. The molecule has 0 aromatic heterocycles. The molecule has 1 unspecified atom stereocenters. The zero-order valence-electron chi connectivity index (χ0n) is 20.5. The fourth-order valence-corrected chi connectivity index (χ4v) is 6.30. The summed E-state index contributed by atoms with van der Waals surface area (Å²) in [7, 11) is -2.47. The van der Waals surface area contributed by atoms with E-state index in [1.807, 2.05) is 6.07 Å². The van der Waals surface area contributed by atoms with E-state index in [9.17, 15) is 22.8 Å². The smallest absolute Gasteiger partial charge is 0.269 e. The molecule has 1 aliphatic heterocycles. The highest BCUT2D eigenvalue weighted by molar-refractivity contribution is 7.90. The van der Waals surface area contributed by atoms with Crippen molar-refractivity contribution in [3.63, 3.8) is 0 Å². The molecule has 10 heteroatoms. The second kappa shape index (κ2) is 10.7. The standard InChI is InChI=1S/C26H31N3O6S/c1-18(25(31)27-20-9-3-4-10-20)28(17-19-8-7-11-21(16-19)35-2)24(30)14-15-29-26(32)22-12-5-6-13-23(22)36(29,33)34/h5-8,11-13,16,18,20H,3-4,9-10,14-15,17H2,1-2H3,(H,27,31). The highest BCUT2D eigenvalue weighted by atomic mass is 32.2. The van der Waals surface area contributed by atoms with Crippen LogP contribution in [-0.2, 0) is 26.2 Å². The lowest BCUT2D eigenvalue weighted by Gasteiger charge is -2.30. The summed E-state index contributed by atoms with van der Waals surface area (Å²) in [6, 6.07) is 12.5. The van der Waals surface area contributed by atoms with Crippen LogP contribution in [0, 0.1) is 0 Å². The van der Waals surface area contributed by atoms with Gasteiger partial charge in [-0.3, -0.25) is 14.4 Å². The molecule has 0 radical (unpaired) electrons. The van der Waals surface area contributed by atoms with E-state index in [1.54, 1.807) is 44.4 Å². The average molecular weight is 514 g/mol. The van der Waals surface area contributed by atoms with Crippen molar-refractivity contribution >= 4 is 27.7 Å². The number of carbonyl (C=O) groups is 3. The summed E-state index contributed by atoms with van der Waals surface area (Å²) in [5.74, 6) is -0.708. The van der Waals surface area contributed by atoms with Gasteiger partial charge in [0.25, 0.3) is 15.9 Å². The van der Waals surface area contributed by atoms with Crippen LogP contribution in [0.4, 0.5) is 0 Å². The molecule has 1 saturated carbocycles. The van der Waals surface area contributed by atoms with Gasteiger partial charge in [0.05, 0.1) is 12.7 Å². The SMILES string of the molecule is COc1cccc(CN(C(=O)CCN2C(=O)c3ccccc3S2(=O)=O)C(C)C(=O)NC2CCCC2)c1. The van der Waals surface area contributed by atoms with Crippen molar-refractivity contribution < 1.29 is 27.5 Å². The first-order chi connectivity index (χ1) is 17.2. The van der Waals surface area contributed by atoms with Crippen LogP contribution in [0.2, 0.25) is 0 Å². The van der Waals surface area contributed by atoms with Crippen LogP contribution in [0.5, 0.6) is 5.75 Å². The predicted molar refractivity (Wildman–Crippen MR) is 133 cm³/mol. The van der Waals surface area contributed by atoms with Gasteiger partial charge in [0, 0.05) is 25.6 Å². The van der Waals surface area contributed by atoms with Crippen LogP contribution in [0.25, 0.3) is 0 Å². The molecule has 4 rings (SSSR count). The van der Waals surface area contributed by atoms with Gasteiger partial charge in [0.2, 0.25) is 11.8 Å². The van der Waals surface area contributed by atoms with E-state index < -0.39 is 27.9 Å². The van der Waals surface area contributed by atoms with Crippen LogP contribution in [-0.4, -0.2) is 61.1 Å². The molecule has 192 valence electrons. The molecule has 2 aromatic rings. The van der Waals surface area contributed by atoms with Gasteiger partial charge in [0.1, 0.15) is 16.7 Å². The number of rotatable bonds is 9. The molecule has 1 N–H and O–H groups in total. The molecule has 1 fully saturated rings. The Morgan fingerprint density at radius 2 is 1.86 bits per heavy atom. The molecule has 3 amide bonds. The van der Waals surface area contributed by atoms with Crippen LogP contribution in [0.1, 0.15) is 54.9 Å². The van der Waals surface area contributed by atoms with Gasteiger partial charge in [-0.05, 0) is 49.6 Å². The van der Waals surface area contributed by atoms with Crippen molar-refractivity contribution in [1.29, 1.82) is 0 Å². The third-order valence-corrected chi connectivity index (χ3v) is 8.64. The Labute approximate surface area is 211 Å². The number of amides is 3. The Morgan fingerprint density at radius 3 is 2.56 bits per heavy atom. The normalized spacial score (nSPS) is 17.5. The van der Waals surface area contributed by atoms with Crippen molar-refractivity contribution in [3.8, 4) is 5.75 Å². The van der Waals surface area contributed by atoms with Gasteiger partial charge < -0.3 is 15.0 Å². The number of fused-ring (bicyclic) bond motifs is 1. The molecule has 36 heavy (non-hydrogen) atoms. The molecule has 9 nitrogen and oxygen atoms in total. The lowest BCUT2D eigenvalue weighted by molar-refractivity contribution is -0.140. The van der Waals surface area contributed by atoms with E-state index in [0.717, 1.165) is 35.6 Å². The minimum Gasteiger partial charge on any atom is -0.497 e. The molecule has 1 aliphatic carbocycles. The number of benzene rings is 2. The fourth-order valence-electron chi connectivity index (χ4n) is 4.74. The number of nitrogens with one attached hydrogen (secondary N) is 1. The third-order valence-electron chi connectivity index (χ3n) is 6.80. The average Bonchev–Trinajstić information content (AvgIpc) is 3.45. The van der Waals surface area contributed by atoms with Crippen LogP contribution in [0.3, 0.4) is 0 Å². The molecule has 0 spiro atoms. The molecular formula is C26H31N3O6S. The van der Waals surface area contributed by atoms with E-state index in [2.05, 4.69) is 5.32 Å². The predicted octanol–water partition coefficient (Wildman–Crippen LogP) is 2.71. The van der Waals surface area contributed by atoms with Crippen molar-refractivity contribution in [2.45, 2.75) is 62.6 Å². The summed E-state index contributed by atoms with van der Waals surface area (Å²) >= 11 is 0. The number of hydrogen-bond acceptors (Lipinski definition) is 6.